The second kappa shape index (κ2) is 7.55. The number of hydrogen-bond donors (Lipinski definition) is 3. The van der Waals surface area contributed by atoms with Crippen molar-refractivity contribution in [3.05, 3.63) is 65.0 Å². The highest BCUT2D eigenvalue weighted by Crippen LogP contribution is 2.45. The number of urea groups is 1. The Morgan fingerprint density at radius 3 is 2.33 bits per heavy atom. The van der Waals surface area contributed by atoms with E-state index in [1.54, 1.807) is 12.1 Å². The fourth-order valence-electron chi connectivity index (χ4n) is 3.86. The normalized spacial score (nSPS) is 21.7. The van der Waals surface area contributed by atoms with E-state index in [2.05, 4.69) is 16.0 Å². The first-order valence-electron chi connectivity index (χ1n) is 9.48. The number of nitrogens with one attached hydrogen (secondary N) is 3. The summed E-state index contributed by atoms with van der Waals surface area (Å²) in [6.07, 6.45) is 1.32. The fourth-order valence-corrected chi connectivity index (χ4v) is 3.86. The molecule has 4 rings (SSSR count). The predicted molar refractivity (Wildman–Crippen MR) is 101 cm³/mol. The van der Waals surface area contributed by atoms with Gasteiger partial charge in [-0.05, 0) is 30.5 Å². The smallest absolute Gasteiger partial charge is 0.316 e. The molecule has 3 amide bonds. The molecular formula is C21H20F3N3O3. The maximum Gasteiger partial charge on any atom is 0.316 e. The van der Waals surface area contributed by atoms with Crippen molar-refractivity contribution in [1.29, 1.82) is 0 Å². The Morgan fingerprint density at radius 1 is 1.13 bits per heavy atom. The lowest BCUT2D eigenvalue weighted by atomic mass is 9.92. The van der Waals surface area contributed by atoms with Gasteiger partial charge in [-0.1, -0.05) is 12.1 Å². The molecule has 2 fully saturated rings. The van der Waals surface area contributed by atoms with Crippen molar-refractivity contribution in [2.45, 2.75) is 30.3 Å². The van der Waals surface area contributed by atoms with E-state index < -0.39 is 41.1 Å². The molecule has 158 valence electrons. The number of carbonyl (C=O) groups excluding carboxylic acids is 2. The van der Waals surface area contributed by atoms with Gasteiger partial charge in [0.1, 0.15) is 29.2 Å². The van der Waals surface area contributed by atoms with Crippen LogP contribution >= 0.6 is 0 Å². The molecule has 2 atom stereocenters. The Balaban J connectivity index is 1.51. The van der Waals surface area contributed by atoms with Crippen molar-refractivity contribution in [2.75, 3.05) is 13.7 Å². The van der Waals surface area contributed by atoms with Gasteiger partial charge in [0.25, 0.3) is 0 Å². The maximum atomic E-state index is 14.5. The lowest BCUT2D eigenvalue weighted by Gasteiger charge is -2.23. The Kier molecular flexibility index (Phi) is 5.05. The minimum absolute atomic E-state index is 0.0169. The molecule has 1 saturated heterocycles. The summed E-state index contributed by atoms with van der Waals surface area (Å²) in [7, 11) is 1.29. The molecule has 1 aliphatic carbocycles. The van der Waals surface area contributed by atoms with Gasteiger partial charge in [0.15, 0.2) is 0 Å². The summed E-state index contributed by atoms with van der Waals surface area (Å²) in [5, 5.41) is 7.88. The molecule has 0 aromatic heterocycles. The highest BCUT2D eigenvalue weighted by molar-refractivity contribution is 5.90. The van der Waals surface area contributed by atoms with Crippen molar-refractivity contribution < 1.29 is 27.5 Å². The van der Waals surface area contributed by atoms with Gasteiger partial charge in [-0.25, -0.2) is 18.0 Å². The van der Waals surface area contributed by atoms with Gasteiger partial charge in [-0.2, -0.15) is 0 Å². The molecule has 2 aromatic carbocycles. The molecule has 0 radical (unpaired) electrons. The standard InChI is InChI=1S/C21H20F3N3O3/c1-30-13-8-15(23)17(16(24)9-13)14-10-25-19(28)18(14)26-20(29)27-21(6-7-21)11-2-4-12(22)5-3-11/h2-5,8-9,14,18H,6-7,10H2,1H3,(H,25,28)(H2,26,27,29)/t14-,18-/m0/s1. The molecule has 3 N–H and O–H groups in total. The van der Waals surface area contributed by atoms with Crippen LogP contribution in [0.25, 0.3) is 0 Å². The maximum absolute atomic E-state index is 14.5. The molecule has 1 heterocycles. The number of carbonyl (C=O) groups is 2. The van der Waals surface area contributed by atoms with E-state index in [1.165, 1.54) is 19.2 Å². The van der Waals surface area contributed by atoms with E-state index in [0.717, 1.165) is 17.7 Å². The summed E-state index contributed by atoms with van der Waals surface area (Å²) in [5.74, 6) is -3.53. The number of amides is 3. The molecule has 1 saturated carbocycles. The number of rotatable bonds is 5. The van der Waals surface area contributed by atoms with Gasteiger partial charge >= 0.3 is 6.03 Å². The first kappa shape index (κ1) is 20.1. The zero-order valence-corrected chi connectivity index (χ0v) is 16.1. The zero-order chi connectivity index (χ0) is 21.5. The van der Waals surface area contributed by atoms with Crippen molar-refractivity contribution in [2.24, 2.45) is 0 Å². The monoisotopic (exact) mass is 419 g/mol. The predicted octanol–water partition coefficient (Wildman–Crippen LogP) is 2.68. The van der Waals surface area contributed by atoms with Crippen molar-refractivity contribution >= 4 is 11.9 Å². The van der Waals surface area contributed by atoms with Crippen molar-refractivity contribution in [1.82, 2.24) is 16.0 Å². The van der Waals surface area contributed by atoms with Gasteiger partial charge < -0.3 is 20.7 Å². The first-order valence-corrected chi connectivity index (χ1v) is 9.48. The highest BCUT2D eigenvalue weighted by Gasteiger charge is 2.47. The van der Waals surface area contributed by atoms with E-state index >= 15 is 0 Å². The molecule has 2 aromatic rings. The summed E-state index contributed by atoms with van der Waals surface area (Å²) in [6, 6.07) is 6.09. The fraction of sp³-hybridized carbons (Fsp3) is 0.333. The quantitative estimate of drug-likeness (QED) is 0.697. The Hall–Kier alpha value is -3.23. The van der Waals surface area contributed by atoms with E-state index in [4.69, 9.17) is 4.74 Å². The molecule has 2 aliphatic rings. The number of benzene rings is 2. The van der Waals surface area contributed by atoms with Gasteiger partial charge in [-0.3, -0.25) is 4.79 Å². The second-order valence-electron chi connectivity index (χ2n) is 7.52. The van der Waals surface area contributed by atoms with Crippen molar-refractivity contribution in [3.8, 4) is 5.75 Å². The van der Waals surface area contributed by atoms with Crippen LogP contribution in [0.15, 0.2) is 36.4 Å². The Morgan fingerprint density at radius 2 is 1.77 bits per heavy atom. The molecular weight excluding hydrogens is 399 g/mol. The van der Waals surface area contributed by atoms with Gasteiger partial charge in [0.05, 0.1) is 12.6 Å². The third-order valence-electron chi connectivity index (χ3n) is 5.63. The van der Waals surface area contributed by atoms with E-state index in [9.17, 15) is 22.8 Å². The first-order chi connectivity index (χ1) is 14.3. The SMILES string of the molecule is COc1cc(F)c([C@@H]2CNC(=O)[C@H]2NC(=O)NC2(c3ccc(F)cc3)CC2)c(F)c1. The second-order valence-corrected chi connectivity index (χ2v) is 7.52. The van der Waals surface area contributed by atoms with Gasteiger partial charge in [0.2, 0.25) is 5.91 Å². The molecule has 1 aliphatic heterocycles. The average molecular weight is 419 g/mol. The van der Waals surface area contributed by atoms with Crippen LogP contribution in [0.2, 0.25) is 0 Å². The Bertz CT molecular complexity index is 970. The largest absolute Gasteiger partial charge is 0.497 e. The van der Waals surface area contributed by atoms with Crippen LogP contribution in [0.4, 0.5) is 18.0 Å². The van der Waals surface area contributed by atoms with Crippen LogP contribution < -0.4 is 20.7 Å². The van der Waals surface area contributed by atoms with Crippen molar-refractivity contribution in [3.63, 3.8) is 0 Å². The molecule has 6 nitrogen and oxygen atoms in total. The molecule has 30 heavy (non-hydrogen) atoms. The van der Waals surface area contributed by atoms with Crippen LogP contribution in [-0.2, 0) is 10.3 Å². The lowest BCUT2D eigenvalue weighted by Crippen LogP contribution is -2.50. The number of methoxy groups -OCH3 is 1. The average Bonchev–Trinajstić information content (AvgIpc) is 3.40. The minimum Gasteiger partial charge on any atom is -0.497 e. The molecule has 0 unspecified atom stereocenters. The van der Waals surface area contributed by atoms with E-state index in [0.29, 0.717) is 12.8 Å². The van der Waals surface area contributed by atoms with Crippen LogP contribution in [0.5, 0.6) is 5.75 Å². The molecule has 9 heteroatoms. The summed E-state index contributed by atoms with van der Waals surface area (Å²) in [5.41, 5.74) is -0.184. The summed E-state index contributed by atoms with van der Waals surface area (Å²) in [4.78, 5) is 24.9. The van der Waals surface area contributed by atoms with Crippen LogP contribution in [-0.4, -0.2) is 31.6 Å². The third kappa shape index (κ3) is 3.67. The lowest BCUT2D eigenvalue weighted by molar-refractivity contribution is -0.120. The van der Waals surface area contributed by atoms with Crippen LogP contribution in [0, 0.1) is 17.5 Å². The van der Waals surface area contributed by atoms with E-state index in [-0.39, 0.29) is 23.7 Å². The summed E-state index contributed by atoms with van der Waals surface area (Å²) < 4.78 is 47.0. The summed E-state index contributed by atoms with van der Waals surface area (Å²) in [6.45, 7) is -0.0208. The molecule has 0 bridgehead atoms. The van der Waals surface area contributed by atoms with Gasteiger partial charge in [0, 0.05) is 30.2 Å². The number of halogens is 3. The third-order valence-corrected chi connectivity index (χ3v) is 5.63. The van der Waals surface area contributed by atoms with Crippen LogP contribution in [0.3, 0.4) is 0 Å². The Labute approximate surface area is 170 Å². The summed E-state index contributed by atoms with van der Waals surface area (Å²) >= 11 is 0. The van der Waals surface area contributed by atoms with E-state index in [1.807, 2.05) is 0 Å². The van der Waals surface area contributed by atoms with Gasteiger partial charge in [-0.15, -0.1) is 0 Å². The topological polar surface area (TPSA) is 79.5 Å². The minimum atomic E-state index is -1.15. The zero-order valence-electron chi connectivity index (χ0n) is 16.1. The number of hydrogen-bond acceptors (Lipinski definition) is 3. The highest BCUT2D eigenvalue weighted by atomic mass is 19.1. The molecule has 0 spiro atoms. The number of ether oxygens (including phenoxy) is 1. The van der Waals surface area contributed by atoms with Crippen LogP contribution in [0.1, 0.15) is 29.9 Å².